The summed E-state index contributed by atoms with van der Waals surface area (Å²) in [7, 11) is 3.09. The Morgan fingerprint density at radius 1 is 0.893 bits per heavy atom. The van der Waals surface area contributed by atoms with Gasteiger partial charge in [0.15, 0.2) is 6.29 Å². The summed E-state index contributed by atoms with van der Waals surface area (Å²) in [6.07, 6.45) is 1.73. The third kappa shape index (κ3) is 6.18. The second-order valence-electron chi connectivity index (χ2n) is 6.53. The van der Waals surface area contributed by atoms with Crippen molar-refractivity contribution >= 4 is 11.8 Å². The van der Waals surface area contributed by atoms with E-state index in [0.29, 0.717) is 12.0 Å². The van der Waals surface area contributed by atoms with Crippen molar-refractivity contribution in [3.05, 3.63) is 71.3 Å². The van der Waals surface area contributed by atoms with Crippen LogP contribution in [-0.2, 0) is 14.3 Å². The minimum atomic E-state index is -0.481. The quantitative estimate of drug-likeness (QED) is 0.510. The fourth-order valence-corrected chi connectivity index (χ4v) is 3.09. The lowest BCUT2D eigenvalue weighted by Crippen LogP contribution is -2.42. The first-order valence-electron chi connectivity index (χ1n) is 9.38. The predicted molar refractivity (Wildman–Crippen MR) is 108 cm³/mol. The second kappa shape index (κ2) is 11.2. The van der Waals surface area contributed by atoms with Gasteiger partial charge >= 0.3 is 0 Å². The summed E-state index contributed by atoms with van der Waals surface area (Å²) in [5, 5.41) is 0. The SMILES string of the molecule is CCC[C@H](CC(=O)NNC(=O)c1ccc(C(OC)OC)cc1)c1ccccc1. The standard InChI is InChI=1S/C22H28N2O4/c1-4-8-19(16-9-6-5-7-10-16)15-20(25)23-24-21(26)17-11-13-18(14-12-17)22(27-2)28-3/h5-7,9-14,19,22H,4,8,15H2,1-3H3,(H,23,25)(H,24,26)/t19-/m1/s1. The second-order valence-corrected chi connectivity index (χ2v) is 6.53. The molecule has 0 radical (unpaired) electrons. The molecule has 2 N–H and O–H groups in total. The molecule has 2 aromatic carbocycles. The fourth-order valence-electron chi connectivity index (χ4n) is 3.09. The van der Waals surface area contributed by atoms with Crippen molar-refractivity contribution in [3.63, 3.8) is 0 Å². The van der Waals surface area contributed by atoms with Gasteiger partial charge in [0.05, 0.1) is 0 Å². The highest BCUT2D eigenvalue weighted by Gasteiger charge is 2.16. The van der Waals surface area contributed by atoms with Gasteiger partial charge in [0.25, 0.3) is 5.91 Å². The molecule has 0 fully saturated rings. The number of amides is 2. The number of carbonyl (C=O) groups is 2. The molecule has 1 atom stereocenters. The molecule has 0 aromatic heterocycles. The molecule has 0 saturated carbocycles. The van der Waals surface area contributed by atoms with E-state index < -0.39 is 6.29 Å². The van der Waals surface area contributed by atoms with Gasteiger partial charge in [0.1, 0.15) is 0 Å². The average Bonchev–Trinajstić information content (AvgIpc) is 2.73. The van der Waals surface area contributed by atoms with Gasteiger partial charge in [-0.25, -0.2) is 0 Å². The molecule has 0 aliphatic carbocycles. The van der Waals surface area contributed by atoms with E-state index in [1.54, 1.807) is 38.5 Å². The Bertz CT molecular complexity index is 743. The van der Waals surface area contributed by atoms with E-state index in [1.165, 1.54) is 0 Å². The normalized spacial score (nSPS) is 11.9. The Morgan fingerprint density at radius 2 is 1.54 bits per heavy atom. The number of rotatable bonds is 9. The molecule has 0 aliphatic heterocycles. The summed E-state index contributed by atoms with van der Waals surface area (Å²) < 4.78 is 10.4. The molecule has 150 valence electrons. The van der Waals surface area contributed by atoms with Gasteiger partial charge in [-0.15, -0.1) is 0 Å². The molecule has 6 nitrogen and oxygen atoms in total. The topological polar surface area (TPSA) is 76.7 Å². The minimum Gasteiger partial charge on any atom is -0.352 e. The number of hydrazine groups is 1. The molecule has 0 bridgehead atoms. The van der Waals surface area contributed by atoms with Crippen molar-refractivity contribution in [1.82, 2.24) is 10.9 Å². The van der Waals surface area contributed by atoms with Crippen molar-refractivity contribution in [1.29, 1.82) is 0 Å². The summed E-state index contributed by atoms with van der Waals surface area (Å²) in [6.45, 7) is 2.09. The summed E-state index contributed by atoms with van der Waals surface area (Å²) >= 11 is 0. The molecule has 28 heavy (non-hydrogen) atoms. The largest absolute Gasteiger partial charge is 0.352 e. The molecule has 6 heteroatoms. The zero-order chi connectivity index (χ0) is 20.4. The van der Waals surface area contributed by atoms with Crippen LogP contribution in [0, 0.1) is 0 Å². The first-order valence-corrected chi connectivity index (χ1v) is 9.38. The molecule has 0 aliphatic rings. The highest BCUT2D eigenvalue weighted by Crippen LogP contribution is 2.24. The van der Waals surface area contributed by atoms with Gasteiger partial charge in [-0.2, -0.15) is 0 Å². The molecule has 2 amide bonds. The Morgan fingerprint density at radius 3 is 2.11 bits per heavy atom. The van der Waals surface area contributed by atoms with Crippen LogP contribution in [0.4, 0.5) is 0 Å². The van der Waals surface area contributed by atoms with Crippen molar-refractivity contribution in [3.8, 4) is 0 Å². The third-order valence-corrected chi connectivity index (χ3v) is 4.53. The van der Waals surface area contributed by atoms with Gasteiger partial charge in [-0.3, -0.25) is 20.4 Å². The van der Waals surface area contributed by atoms with Gasteiger partial charge in [0, 0.05) is 31.8 Å². The zero-order valence-electron chi connectivity index (χ0n) is 16.6. The van der Waals surface area contributed by atoms with E-state index in [2.05, 4.69) is 17.8 Å². The minimum absolute atomic E-state index is 0.127. The molecule has 2 rings (SSSR count). The summed E-state index contributed by atoms with van der Waals surface area (Å²) in [5.74, 6) is -0.466. The van der Waals surface area contributed by atoms with Gasteiger partial charge in [-0.1, -0.05) is 55.8 Å². The number of carbonyl (C=O) groups excluding carboxylic acids is 2. The Hall–Kier alpha value is -2.70. The summed E-state index contributed by atoms with van der Waals surface area (Å²) in [4.78, 5) is 24.6. The van der Waals surface area contributed by atoms with E-state index >= 15 is 0 Å². The number of methoxy groups -OCH3 is 2. The molecular formula is C22H28N2O4. The highest BCUT2D eigenvalue weighted by atomic mass is 16.7. The number of nitrogens with one attached hydrogen (secondary N) is 2. The number of ether oxygens (including phenoxy) is 2. The Labute approximate surface area is 166 Å². The molecule has 0 heterocycles. The lowest BCUT2D eigenvalue weighted by molar-refractivity contribution is -0.122. The summed E-state index contributed by atoms with van der Waals surface area (Å²) in [5.41, 5.74) is 7.35. The molecule has 2 aromatic rings. The maximum Gasteiger partial charge on any atom is 0.269 e. The Balaban J connectivity index is 1.90. The van der Waals surface area contributed by atoms with E-state index in [4.69, 9.17) is 9.47 Å². The fraction of sp³-hybridized carbons (Fsp3) is 0.364. The molecule has 0 spiro atoms. The van der Waals surface area contributed by atoms with Crippen LogP contribution in [0.5, 0.6) is 0 Å². The van der Waals surface area contributed by atoms with Crippen LogP contribution in [0.1, 0.15) is 59.9 Å². The number of benzene rings is 2. The van der Waals surface area contributed by atoms with E-state index in [1.807, 2.05) is 30.3 Å². The van der Waals surface area contributed by atoms with Crippen LogP contribution >= 0.6 is 0 Å². The lowest BCUT2D eigenvalue weighted by atomic mass is 9.91. The van der Waals surface area contributed by atoms with Crippen molar-refractivity contribution < 1.29 is 19.1 Å². The van der Waals surface area contributed by atoms with Crippen molar-refractivity contribution in [2.24, 2.45) is 0 Å². The summed E-state index contributed by atoms with van der Waals surface area (Å²) in [6, 6.07) is 16.8. The zero-order valence-corrected chi connectivity index (χ0v) is 16.6. The van der Waals surface area contributed by atoms with E-state index in [0.717, 1.165) is 24.0 Å². The lowest BCUT2D eigenvalue weighted by Gasteiger charge is -2.17. The monoisotopic (exact) mass is 384 g/mol. The van der Waals surface area contributed by atoms with E-state index in [9.17, 15) is 9.59 Å². The maximum atomic E-state index is 12.3. The van der Waals surface area contributed by atoms with Crippen molar-refractivity contribution in [2.75, 3.05) is 14.2 Å². The number of hydrogen-bond acceptors (Lipinski definition) is 4. The molecule has 0 unspecified atom stereocenters. The van der Waals surface area contributed by atoms with Crippen LogP contribution in [0.25, 0.3) is 0 Å². The van der Waals surface area contributed by atoms with Crippen LogP contribution in [0.15, 0.2) is 54.6 Å². The van der Waals surface area contributed by atoms with Crippen LogP contribution in [-0.4, -0.2) is 26.0 Å². The maximum absolute atomic E-state index is 12.3. The molecular weight excluding hydrogens is 356 g/mol. The van der Waals surface area contributed by atoms with Crippen LogP contribution < -0.4 is 10.9 Å². The van der Waals surface area contributed by atoms with Gasteiger partial charge in [0.2, 0.25) is 5.91 Å². The average molecular weight is 384 g/mol. The Kier molecular flexibility index (Phi) is 8.65. The van der Waals surface area contributed by atoms with Crippen molar-refractivity contribution in [2.45, 2.75) is 38.4 Å². The highest BCUT2D eigenvalue weighted by molar-refractivity contribution is 5.95. The van der Waals surface area contributed by atoms with Crippen LogP contribution in [0.2, 0.25) is 0 Å². The van der Waals surface area contributed by atoms with Crippen LogP contribution in [0.3, 0.4) is 0 Å². The van der Waals surface area contributed by atoms with Gasteiger partial charge in [-0.05, 0) is 30.0 Å². The first-order chi connectivity index (χ1) is 13.6. The van der Waals surface area contributed by atoms with Gasteiger partial charge < -0.3 is 9.47 Å². The predicted octanol–water partition coefficient (Wildman–Crippen LogP) is 3.71. The first kappa shape index (κ1) is 21.6. The third-order valence-electron chi connectivity index (χ3n) is 4.53. The smallest absolute Gasteiger partial charge is 0.269 e. The van der Waals surface area contributed by atoms with E-state index in [-0.39, 0.29) is 17.7 Å². The number of hydrogen-bond donors (Lipinski definition) is 2. The molecule has 0 saturated heterocycles.